The van der Waals surface area contributed by atoms with Gasteiger partial charge in [0.2, 0.25) is 0 Å². The molecule has 1 aliphatic heterocycles. The number of likely N-dealkylation sites (tertiary alicyclic amines) is 1. The van der Waals surface area contributed by atoms with E-state index in [1.54, 1.807) is 18.2 Å². The van der Waals surface area contributed by atoms with Gasteiger partial charge in [-0.1, -0.05) is 19.1 Å². The van der Waals surface area contributed by atoms with Crippen LogP contribution < -0.4 is 5.32 Å². The van der Waals surface area contributed by atoms with Crippen LogP contribution >= 0.6 is 0 Å². The first-order chi connectivity index (χ1) is 12.5. The van der Waals surface area contributed by atoms with Crippen molar-refractivity contribution in [2.24, 2.45) is 5.92 Å². The van der Waals surface area contributed by atoms with Crippen molar-refractivity contribution in [3.63, 3.8) is 0 Å². The van der Waals surface area contributed by atoms with Crippen LogP contribution in [0.15, 0.2) is 42.7 Å². The molecule has 1 fully saturated rings. The van der Waals surface area contributed by atoms with E-state index >= 15 is 0 Å². The fourth-order valence-corrected chi connectivity index (χ4v) is 3.12. The molecule has 0 radical (unpaired) electrons. The second-order valence-corrected chi connectivity index (χ2v) is 6.77. The van der Waals surface area contributed by atoms with Crippen LogP contribution in [0.3, 0.4) is 0 Å². The van der Waals surface area contributed by atoms with Crippen LogP contribution in [0.5, 0.6) is 0 Å². The van der Waals surface area contributed by atoms with Gasteiger partial charge in [-0.2, -0.15) is 0 Å². The van der Waals surface area contributed by atoms with Crippen LogP contribution in [0.4, 0.5) is 4.39 Å². The van der Waals surface area contributed by atoms with Gasteiger partial charge in [0.15, 0.2) is 0 Å². The smallest absolute Gasteiger partial charge is 0.255 e. The predicted octanol–water partition coefficient (Wildman–Crippen LogP) is 3.02. The van der Waals surface area contributed by atoms with Gasteiger partial charge in [-0.05, 0) is 42.5 Å². The van der Waals surface area contributed by atoms with E-state index in [2.05, 4.69) is 17.2 Å². The van der Waals surface area contributed by atoms with Crippen molar-refractivity contribution in [2.45, 2.75) is 26.3 Å². The molecule has 1 aliphatic rings. The fraction of sp³-hybridized carbons (Fsp3) is 0.350. The SMILES string of the molecule is CC1CCCN(C(=O)c2cncc(C(=O)NCc3ccc(F)cc3)c2)C1. The van der Waals surface area contributed by atoms with Crippen LogP contribution in [-0.2, 0) is 6.54 Å². The van der Waals surface area contributed by atoms with Crippen molar-refractivity contribution < 1.29 is 14.0 Å². The third kappa shape index (κ3) is 4.45. The number of halogens is 1. The third-order valence-corrected chi connectivity index (χ3v) is 4.56. The lowest BCUT2D eigenvalue weighted by atomic mass is 9.99. The van der Waals surface area contributed by atoms with E-state index in [0.717, 1.165) is 31.5 Å². The Bertz CT molecular complexity index is 792. The van der Waals surface area contributed by atoms with E-state index in [1.807, 2.05) is 4.90 Å². The molecule has 0 spiro atoms. The Morgan fingerprint density at radius 2 is 1.96 bits per heavy atom. The summed E-state index contributed by atoms with van der Waals surface area (Å²) in [5, 5.41) is 2.76. The van der Waals surface area contributed by atoms with E-state index < -0.39 is 0 Å². The van der Waals surface area contributed by atoms with Crippen molar-refractivity contribution in [3.05, 3.63) is 65.2 Å². The Morgan fingerprint density at radius 3 is 2.69 bits per heavy atom. The largest absolute Gasteiger partial charge is 0.348 e. The van der Waals surface area contributed by atoms with Gasteiger partial charge in [-0.15, -0.1) is 0 Å². The molecule has 2 heterocycles. The molecule has 2 aromatic rings. The fourth-order valence-electron chi connectivity index (χ4n) is 3.12. The number of amides is 2. The highest BCUT2D eigenvalue weighted by Crippen LogP contribution is 2.18. The minimum absolute atomic E-state index is 0.0859. The second-order valence-electron chi connectivity index (χ2n) is 6.77. The van der Waals surface area contributed by atoms with E-state index in [1.165, 1.54) is 24.5 Å². The number of aromatic nitrogens is 1. The maximum absolute atomic E-state index is 12.9. The van der Waals surface area contributed by atoms with Gasteiger partial charge in [-0.3, -0.25) is 14.6 Å². The van der Waals surface area contributed by atoms with E-state index in [4.69, 9.17) is 0 Å². The van der Waals surface area contributed by atoms with Gasteiger partial charge in [-0.25, -0.2) is 4.39 Å². The molecule has 26 heavy (non-hydrogen) atoms. The van der Waals surface area contributed by atoms with Gasteiger partial charge in [0, 0.05) is 32.0 Å². The summed E-state index contributed by atoms with van der Waals surface area (Å²) in [6.07, 6.45) is 5.07. The highest BCUT2D eigenvalue weighted by atomic mass is 19.1. The molecule has 0 bridgehead atoms. The lowest BCUT2D eigenvalue weighted by Gasteiger charge is -2.30. The molecular formula is C20H22FN3O2. The molecule has 1 saturated heterocycles. The molecule has 1 N–H and O–H groups in total. The van der Waals surface area contributed by atoms with Gasteiger partial charge in [0.05, 0.1) is 11.1 Å². The first kappa shape index (κ1) is 18.0. The lowest BCUT2D eigenvalue weighted by Crippen LogP contribution is -2.39. The molecule has 1 unspecified atom stereocenters. The van der Waals surface area contributed by atoms with Gasteiger partial charge < -0.3 is 10.2 Å². The van der Waals surface area contributed by atoms with Crippen molar-refractivity contribution >= 4 is 11.8 Å². The molecule has 1 atom stereocenters. The van der Waals surface area contributed by atoms with Crippen molar-refractivity contribution in [1.82, 2.24) is 15.2 Å². The Hall–Kier alpha value is -2.76. The molecular weight excluding hydrogens is 333 g/mol. The number of benzene rings is 1. The number of nitrogens with zero attached hydrogens (tertiary/aromatic N) is 2. The minimum Gasteiger partial charge on any atom is -0.348 e. The van der Waals surface area contributed by atoms with Crippen LogP contribution in [-0.4, -0.2) is 34.8 Å². The summed E-state index contributed by atoms with van der Waals surface area (Å²) in [7, 11) is 0. The second kappa shape index (κ2) is 8.08. The first-order valence-electron chi connectivity index (χ1n) is 8.80. The third-order valence-electron chi connectivity index (χ3n) is 4.56. The van der Waals surface area contributed by atoms with Crippen LogP contribution in [0.2, 0.25) is 0 Å². The molecule has 136 valence electrons. The van der Waals surface area contributed by atoms with Crippen molar-refractivity contribution in [3.8, 4) is 0 Å². The first-order valence-corrected chi connectivity index (χ1v) is 8.80. The van der Waals surface area contributed by atoms with E-state index in [-0.39, 0.29) is 24.2 Å². The average Bonchev–Trinajstić information content (AvgIpc) is 2.67. The standard InChI is InChI=1S/C20H22FN3O2/c1-14-3-2-8-24(13-14)20(26)17-9-16(11-22-12-17)19(25)23-10-15-4-6-18(21)7-5-15/h4-7,9,11-12,14H,2-3,8,10,13H2,1H3,(H,23,25). The number of hydrogen-bond acceptors (Lipinski definition) is 3. The number of carbonyl (C=O) groups excluding carboxylic acids is 2. The summed E-state index contributed by atoms with van der Waals surface area (Å²) >= 11 is 0. The number of hydrogen-bond donors (Lipinski definition) is 1. The highest BCUT2D eigenvalue weighted by Gasteiger charge is 2.22. The number of rotatable bonds is 4. The summed E-state index contributed by atoms with van der Waals surface area (Å²) in [6.45, 7) is 3.89. The monoisotopic (exact) mass is 355 g/mol. The molecule has 0 saturated carbocycles. The topological polar surface area (TPSA) is 62.3 Å². The van der Waals surface area contributed by atoms with Gasteiger partial charge >= 0.3 is 0 Å². The molecule has 1 aromatic carbocycles. The maximum Gasteiger partial charge on any atom is 0.255 e. The molecule has 5 nitrogen and oxygen atoms in total. The zero-order valence-electron chi connectivity index (χ0n) is 14.7. The average molecular weight is 355 g/mol. The molecule has 3 rings (SSSR count). The number of pyridine rings is 1. The van der Waals surface area contributed by atoms with Crippen molar-refractivity contribution in [2.75, 3.05) is 13.1 Å². The summed E-state index contributed by atoms with van der Waals surface area (Å²) < 4.78 is 12.9. The van der Waals surface area contributed by atoms with Gasteiger partial charge in [0.1, 0.15) is 5.82 Å². The van der Waals surface area contributed by atoms with Crippen LogP contribution in [0, 0.1) is 11.7 Å². The molecule has 0 aliphatic carbocycles. The highest BCUT2D eigenvalue weighted by molar-refractivity contribution is 5.99. The summed E-state index contributed by atoms with van der Waals surface area (Å²) in [5.41, 5.74) is 1.55. The number of carbonyl (C=O) groups is 2. The minimum atomic E-state index is -0.317. The zero-order valence-corrected chi connectivity index (χ0v) is 14.7. The molecule has 2 amide bonds. The quantitative estimate of drug-likeness (QED) is 0.917. The Morgan fingerprint density at radius 1 is 1.23 bits per heavy atom. The van der Waals surface area contributed by atoms with Crippen LogP contribution in [0.25, 0.3) is 0 Å². The van der Waals surface area contributed by atoms with Crippen LogP contribution in [0.1, 0.15) is 46.0 Å². The van der Waals surface area contributed by atoms with Gasteiger partial charge in [0.25, 0.3) is 11.8 Å². The lowest BCUT2D eigenvalue weighted by molar-refractivity contribution is 0.0682. The molecule has 1 aromatic heterocycles. The summed E-state index contributed by atoms with van der Waals surface area (Å²) in [5.74, 6) is -0.230. The Labute approximate surface area is 152 Å². The molecule has 6 heteroatoms. The van der Waals surface area contributed by atoms with E-state index in [0.29, 0.717) is 17.0 Å². The number of piperidine rings is 1. The zero-order chi connectivity index (χ0) is 18.5. The van der Waals surface area contributed by atoms with E-state index in [9.17, 15) is 14.0 Å². The number of nitrogens with one attached hydrogen (secondary N) is 1. The Balaban J connectivity index is 1.65. The summed E-state index contributed by atoms with van der Waals surface area (Å²) in [6, 6.07) is 7.51. The Kier molecular flexibility index (Phi) is 5.61. The predicted molar refractivity (Wildman–Crippen MR) is 96.1 cm³/mol. The summed E-state index contributed by atoms with van der Waals surface area (Å²) in [4.78, 5) is 30.9. The normalized spacial score (nSPS) is 17.0. The maximum atomic E-state index is 12.9. The van der Waals surface area contributed by atoms with Crippen molar-refractivity contribution in [1.29, 1.82) is 0 Å².